The highest BCUT2D eigenvalue weighted by Gasteiger charge is 2.24. The molecule has 0 aliphatic carbocycles. The quantitative estimate of drug-likeness (QED) is 0.915. The number of aryl methyl sites for hydroxylation is 1. The minimum atomic E-state index is -0.222. The van der Waals surface area contributed by atoms with Crippen LogP contribution < -0.4 is 15.4 Å². The van der Waals surface area contributed by atoms with E-state index in [9.17, 15) is 4.79 Å². The van der Waals surface area contributed by atoms with Gasteiger partial charge in [-0.3, -0.25) is 4.79 Å². The third-order valence-electron chi connectivity index (χ3n) is 4.01. The molecule has 0 bridgehead atoms. The molecular formula is C18H20N2O2. The molecule has 3 rings (SSSR count). The van der Waals surface area contributed by atoms with Crippen LogP contribution in [0.15, 0.2) is 42.5 Å². The maximum atomic E-state index is 12.5. The highest BCUT2D eigenvalue weighted by atomic mass is 16.5. The lowest BCUT2D eigenvalue weighted by molar-refractivity contribution is -0.118. The molecule has 0 saturated heterocycles. The lowest BCUT2D eigenvalue weighted by atomic mass is 9.95. The zero-order valence-corrected chi connectivity index (χ0v) is 12.8. The lowest BCUT2D eigenvalue weighted by Crippen LogP contribution is -2.44. The molecule has 22 heavy (non-hydrogen) atoms. The van der Waals surface area contributed by atoms with Gasteiger partial charge in [0.2, 0.25) is 5.91 Å². The van der Waals surface area contributed by atoms with Gasteiger partial charge in [0, 0.05) is 6.54 Å². The SMILES string of the molecule is COc1ccc(C)cc1NC(=O)[C@@H]1Cc2ccccc2CN1. The average molecular weight is 296 g/mol. The molecule has 1 aliphatic rings. The van der Waals surface area contributed by atoms with Crippen molar-refractivity contribution in [1.29, 1.82) is 0 Å². The van der Waals surface area contributed by atoms with E-state index in [0.717, 1.165) is 12.1 Å². The lowest BCUT2D eigenvalue weighted by Gasteiger charge is -2.25. The topological polar surface area (TPSA) is 50.4 Å². The molecule has 0 spiro atoms. The van der Waals surface area contributed by atoms with E-state index in [1.165, 1.54) is 11.1 Å². The van der Waals surface area contributed by atoms with Gasteiger partial charge in [-0.25, -0.2) is 0 Å². The number of rotatable bonds is 3. The Bertz CT molecular complexity index is 697. The van der Waals surface area contributed by atoms with Crippen molar-refractivity contribution >= 4 is 11.6 Å². The summed E-state index contributed by atoms with van der Waals surface area (Å²) in [6, 6.07) is 13.8. The monoisotopic (exact) mass is 296 g/mol. The van der Waals surface area contributed by atoms with Crippen molar-refractivity contribution in [2.45, 2.75) is 25.9 Å². The number of carbonyl (C=O) groups is 1. The number of amides is 1. The molecule has 4 heteroatoms. The second kappa shape index (κ2) is 6.20. The minimum absolute atomic E-state index is 0.0293. The Morgan fingerprint density at radius 2 is 2.00 bits per heavy atom. The van der Waals surface area contributed by atoms with E-state index >= 15 is 0 Å². The van der Waals surface area contributed by atoms with Crippen LogP contribution in [-0.4, -0.2) is 19.1 Å². The van der Waals surface area contributed by atoms with Crippen LogP contribution in [0.4, 0.5) is 5.69 Å². The summed E-state index contributed by atoms with van der Waals surface area (Å²) in [5.41, 5.74) is 4.29. The molecule has 0 fully saturated rings. The molecule has 1 heterocycles. The zero-order chi connectivity index (χ0) is 15.5. The Morgan fingerprint density at radius 1 is 1.23 bits per heavy atom. The summed E-state index contributed by atoms with van der Waals surface area (Å²) in [7, 11) is 1.61. The van der Waals surface area contributed by atoms with E-state index in [1.807, 2.05) is 37.3 Å². The molecule has 1 aliphatic heterocycles. The summed E-state index contributed by atoms with van der Waals surface area (Å²) in [4.78, 5) is 12.5. The summed E-state index contributed by atoms with van der Waals surface area (Å²) < 4.78 is 5.31. The van der Waals surface area contributed by atoms with Crippen molar-refractivity contribution in [3.63, 3.8) is 0 Å². The molecule has 1 amide bonds. The maximum absolute atomic E-state index is 12.5. The van der Waals surface area contributed by atoms with Crippen molar-refractivity contribution in [3.8, 4) is 5.75 Å². The van der Waals surface area contributed by atoms with Crippen molar-refractivity contribution < 1.29 is 9.53 Å². The summed E-state index contributed by atoms with van der Waals surface area (Å²) in [6.07, 6.45) is 0.705. The largest absolute Gasteiger partial charge is 0.495 e. The van der Waals surface area contributed by atoms with Gasteiger partial charge in [0.25, 0.3) is 0 Å². The van der Waals surface area contributed by atoms with Gasteiger partial charge in [-0.15, -0.1) is 0 Å². The van der Waals surface area contributed by atoms with Crippen LogP contribution in [0.1, 0.15) is 16.7 Å². The fraction of sp³-hybridized carbons (Fsp3) is 0.278. The predicted molar refractivity (Wildman–Crippen MR) is 87.1 cm³/mol. The van der Waals surface area contributed by atoms with Crippen LogP contribution in [0.2, 0.25) is 0 Å². The fourth-order valence-corrected chi connectivity index (χ4v) is 2.78. The Kier molecular flexibility index (Phi) is 4.11. The minimum Gasteiger partial charge on any atom is -0.495 e. The van der Waals surface area contributed by atoms with Crippen molar-refractivity contribution in [2.75, 3.05) is 12.4 Å². The molecule has 4 nitrogen and oxygen atoms in total. The first-order valence-corrected chi connectivity index (χ1v) is 7.43. The Balaban J connectivity index is 1.75. The molecule has 2 N–H and O–H groups in total. The van der Waals surface area contributed by atoms with Crippen molar-refractivity contribution in [1.82, 2.24) is 5.32 Å². The van der Waals surface area contributed by atoms with Gasteiger partial charge in [0.15, 0.2) is 0 Å². The molecule has 2 aromatic carbocycles. The smallest absolute Gasteiger partial charge is 0.241 e. The highest BCUT2D eigenvalue weighted by molar-refractivity contribution is 5.96. The summed E-state index contributed by atoms with van der Waals surface area (Å²) >= 11 is 0. The Labute approximate surface area is 130 Å². The van der Waals surface area contributed by atoms with E-state index in [1.54, 1.807) is 7.11 Å². The predicted octanol–water partition coefficient (Wildman–Crippen LogP) is 2.66. The second-order valence-electron chi connectivity index (χ2n) is 5.60. The first-order chi connectivity index (χ1) is 10.7. The summed E-state index contributed by atoms with van der Waals surface area (Å²) in [5.74, 6) is 0.647. The van der Waals surface area contributed by atoms with E-state index in [4.69, 9.17) is 4.74 Å². The average Bonchev–Trinajstić information content (AvgIpc) is 2.54. The molecule has 0 saturated carbocycles. The molecule has 0 unspecified atom stereocenters. The molecule has 2 aromatic rings. The molecule has 0 aromatic heterocycles. The zero-order valence-electron chi connectivity index (χ0n) is 12.8. The Hall–Kier alpha value is -2.33. The van der Waals surface area contributed by atoms with Crippen LogP contribution in [0.25, 0.3) is 0 Å². The number of carbonyl (C=O) groups excluding carboxylic acids is 1. The first-order valence-electron chi connectivity index (χ1n) is 7.43. The molecule has 114 valence electrons. The standard InChI is InChI=1S/C18H20N2O2/c1-12-7-8-17(22-2)15(9-12)20-18(21)16-10-13-5-3-4-6-14(13)11-19-16/h3-9,16,19H,10-11H2,1-2H3,(H,20,21)/t16-/m0/s1. The summed E-state index contributed by atoms with van der Waals surface area (Å²) in [5, 5.41) is 6.27. The third kappa shape index (κ3) is 2.97. The molecule has 0 radical (unpaired) electrons. The van der Waals surface area contributed by atoms with Gasteiger partial charge < -0.3 is 15.4 Å². The number of anilines is 1. The van der Waals surface area contributed by atoms with E-state index in [2.05, 4.69) is 22.8 Å². The van der Waals surface area contributed by atoms with Crippen molar-refractivity contribution in [2.24, 2.45) is 0 Å². The van der Waals surface area contributed by atoms with E-state index in [0.29, 0.717) is 17.9 Å². The van der Waals surface area contributed by atoms with Gasteiger partial charge in [-0.1, -0.05) is 30.3 Å². The van der Waals surface area contributed by atoms with Gasteiger partial charge in [-0.2, -0.15) is 0 Å². The van der Waals surface area contributed by atoms with Gasteiger partial charge in [0.1, 0.15) is 5.75 Å². The number of fused-ring (bicyclic) bond motifs is 1. The number of hydrogen-bond donors (Lipinski definition) is 2. The third-order valence-corrected chi connectivity index (χ3v) is 4.01. The maximum Gasteiger partial charge on any atom is 0.241 e. The van der Waals surface area contributed by atoms with Gasteiger partial charge >= 0.3 is 0 Å². The number of ether oxygens (including phenoxy) is 1. The molecule has 1 atom stereocenters. The van der Waals surface area contributed by atoms with E-state index < -0.39 is 0 Å². The summed E-state index contributed by atoms with van der Waals surface area (Å²) in [6.45, 7) is 2.71. The Morgan fingerprint density at radius 3 is 2.77 bits per heavy atom. The second-order valence-corrected chi connectivity index (χ2v) is 5.60. The fourth-order valence-electron chi connectivity index (χ4n) is 2.78. The van der Waals surface area contributed by atoms with Crippen molar-refractivity contribution in [3.05, 3.63) is 59.2 Å². The van der Waals surface area contributed by atoms with Crippen LogP contribution in [-0.2, 0) is 17.8 Å². The van der Waals surface area contributed by atoms with Crippen LogP contribution >= 0.6 is 0 Å². The number of methoxy groups -OCH3 is 1. The highest BCUT2D eigenvalue weighted by Crippen LogP contribution is 2.26. The number of benzene rings is 2. The normalized spacial score (nSPS) is 16.7. The number of hydrogen-bond acceptors (Lipinski definition) is 3. The molecular weight excluding hydrogens is 276 g/mol. The van der Waals surface area contributed by atoms with E-state index in [-0.39, 0.29) is 11.9 Å². The van der Waals surface area contributed by atoms with Gasteiger partial charge in [0.05, 0.1) is 18.8 Å². The van der Waals surface area contributed by atoms with Gasteiger partial charge in [-0.05, 0) is 42.2 Å². The first kappa shape index (κ1) is 14.6. The van der Waals surface area contributed by atoms with Crippen LogP contribution in [0, 0.1) is 6.92 Å². The number of nitrogens with one attached hydrogen (secondary N) is 2. The van der Waals surface area contributed by atoms with Crippen LogP contribution in [0.3, 0.4) is 0 Å². The van der Waals surface area contributed by atoms with Crippen LogP contribution in [0.5, 0.6) is 5.75 Å².